The van der Waals surface area contributed by atoms with E-state index in [4.69, 9.17) is 9.15 Å². The highest BCUT2D eigenvalue weighted by atomic mass is 16.5. The van der Waals surface area contributed by atoms with Gasteiger partial charge in [-0.2, -0.15) is 0 Å². The van der Waals surface area contributed by atoms with Crippen molar-refractivity contribution in [1.29, 1.82) is 0 Å². The first kappa shape index (κ1) is 17.1. The minimum absolute atomic E-state index is 0.222. The van der Waals surface area contributed by atoms with Gasteiger partial charge in [0.25, 0.3) is 0 Å². The standard InChI is InChI=1S/C21H20N4O2/c1-26-17-11-9-16(10-12-17)20-24-25-21(27-20)19(18-8-5-13-22-18)23-14-15-6-3-2-4-7-15/h2-13,19,22-23H,14H2,1H3. The van der Waals surface area contributed by atoms with Gasteiger partial charge in [0.15, 0.2) is 0 Å². The molecule has 2 aromatic carbocycles. The Labute approximate surface area is 157 Å². The van der Waals surface area contributed by atoms with Gasteiger partial charge >= 0.3 is 0 Å². The number of benzene rings is 2. The van der Waals surface area contributed by atoms with E-state index in [1.54, 1.807) is 7.11 Å². The minimum Gasteiger partial charge on any atom is -0.497 e. The van der Waals surface area contributed by atoms with E-state index in [0.29, 0.717) is 18.3 Å². The second-order valence-electron chi connectivity index (χ2n) is 6.10. The normalized spacial score (nSPS) is 12.0. The molecule has 4 aromatic rings. The zero-order chi connectivity index (χ0) is 18.5. The Balaban J connectivity index is 1.57. The van der Waals surface area contributed by atoms with Gasteiger partial charge in [0.2, 0.25) is 11.8 Å². The lowest BCUT2D eigenvalue weighted by Gasteiger charge is -2.14. The fourth-order valence-electron chi connectivity index (χ4n) is 2.87. The van der Waals surface area contributed by atoms with Gasteiger partial charge in [-0.25, -0.2) is 0 Å². The molecule has 0 aliphatic rings. The van der Waals surface area contributed by atoms with E-state index in [1.165, 1.54) is 5.56 Å². The van der Waals surface area contributed by atoms with Crippen molar-refractivity contribution in [1.82, 2.24) is 20.5 Å². The number of aromatic amines is 1. The van der Waals surface area contributed by atoms with Gasteiger partial charge in [-0.1, -0.05) is 30.3 Å². The Morgan fingerprint density at radius 3 is 2.52 bits per heavy atom. The van der Waals surface area contributed by atoms with Crippen molar-refractivity contribution in [3.8, 4) is 17.2 Å². The van der Waals surface area contributed by atoms with Crippen molar-refractivity contribution in [2.24, 2.45) is 0 Å². The molecule has 0 saturated heterocycles. The van der Waals surface area contributed by atoms with Crippen molar-refractivity contribution in [2.45, 2.75) is 12.6 Å². The number of hydrogen-bond acceptors (Lipinski definition) is 5. The highest BCUT2D eigenvalue weighted by Gasteiger charge is 2.22. The Kier molecular flexibility index (Phi) is 4.98. The molecule has 0 bridgehead atoms. The molecule has 27 heavy (non-hydrogen) atoms. The van der Waals surface area contributed by atoms with E-state index < -0.39 is 0 Å². The molecule has 0 aliphatic heterocycles. The number of hydrogen-bond donors (Lipinski definition) is 2. The third kappa shape index (κ3) is 3.91. The first-order valence-corrected chi connectivity index (χ1v) is 8.72. The van der Waals surface area contributed by atoms with Crippen LogP contribution < -0.4 is 10.1 Å². The van der Waals surface area contributed by atoms with E-state index in [-0.39, 0.29) is 6.04 Å². The van der Waals surface area contributed by atoms with Crippen LogP contribution in [0.15, 0.2) is 77.3 Å². The van der Waals surface area contributed by atoms with Crippen LogP contribution in [-0.4, -0.2) is 22.3 Å². The average Bonchev–Trinajstić information content (AvgIpc) is 3.42. The third-order valence-electron chi connectivity index (χ3n) is 4.31. The molecule has 0 aliphatic carbocycles. The van der Waals surface area contributed by atoms with E-state index in [1.807, 2.05) is 60.8 Å². The lowest BCUT2D eigenvalue weighted by Crippen LogP contribution is -2.22. The molecule has 2 heterocycles. The quantitative estimate of drug-likeness (QED) is 0.522. The van der Waals surface area contributed by atoms with Crippen LogP contribution in [0.3, 0.4) is 0 Å². The van der Waals surface area contributed by atoms with Crippen molar-refractivity contribution in [2.75, 3.05) is 7.11 Å². The summed E-state index contributed by atoms with van der Waals surface area (Å²) < 4.78 is 11.2. The summed E-state index contributed by atoms with van der Waals surface area (Å²) in [5.41, 5.74) is 3.00. The molecule has 6 nitrogen and oxygen atoms in total. The van der Waals surface area contributed by atoms with Gasteiger partial charge in [-0.15, -0.1) is 10.2 Å². The van der Waals surface area contributed by atoms with Crippen LogP contribution in [0.4, 0.5) is 0 Å². The number of H-pyrrole nitrogens is 1. The highest BCUT2D eigenvalue weighted by molar-refractivity contribution is 5.54. The molecule has 2 aromatic heterocycles. The van der Waals surface area contributed by atoms with E-state index >= 15 is 0 Å². The average molecular weight is 360 g/mol. The molecule has 1 unspecified atom stereocenters. The first-order valence-electron chi connectivity index (χ1n) is 8.72. The molecular weight excluding hydrogens is 340 g/mol. The SMILES string of the molecule is COc1ccc(-c2nnc(C(NCc3ccccc3)c3ccc[nH]3)o2)cc1. The number of rotatable bonds is 7. The zero-order valence-electron chi connectivity index (χ0n) is 14.9. The van der Waals surface area contributed by atoms with Gasteiger partial charge in [-0.3, -0.25) is 5.32 Å². The van der Waals surface area contributed by atoms with Crippen molar-refractivity contribution < 1.29 is 9.15 Å². The minimum atomic E-state index is -0.222. The Bertz CT molecular complexity index is 963. The number of aromatic nitrogens is 3. The van der Waals surface area contributed by atoms with Gasteiger partial charge in [0, 0.05) is 24.0 Å². The number of ether oxygens (including phenoxy) is 1. The summed E-state index contributed by atoms with van der Waals surface area (Å²) in [5, 5.41) is 12.0. The second kappa shape index (κ2) is 7.88. The maximum Gasteiger partial charge on any atom is 0.247 e. The van der Waals surface area contributed by atoms with E-state index in [9.17, 15) is 0 Å². The maximum absolute atomic E-state index is 5.97. The lowest BCUT2D eigenvalue weighted by molar-refractivity contribution is 0.414. The van der Waals surface area contributed by atoms with E-state index in [0.717, 1.165) is 17.0 Å². The lowest BCUT2D eigenvalue weighted by atomic mass is 10.1. The van der Waals surface area contributed by atoms with Crippen LogP contribution in [0.5, 0.6) is 5.75 Å². The molecule has 0 saturated carbocycles. The number of nitrogens with zero attached hydrogens (tertiary/aromatic N) is 2. The van der Waals surface area contributed by atoms with Gasteiger partial charge in [-0.05, 0) is 42.0 Å². The summed E-state index contributed by atoms with van der Waals surface area (Å²) in [6.07, 6.45) is 1.88. The summed E-state index contributed by atoms with van der Waals surface area (Å²) in [6.45, 7) is 0.685. The van der Waals surface area contributed by atoms with Crippen LogP contribution >= 0.6 is 0 Å². The fraction of sp³-hybridized carbons (Fsp3) is 0.143. The van der Waals surface area contributed by atoms with Crippen molar-refractivity contribution in [3.63, 3.8) is 0 Å². The van der Waals surface area contributed by atoms with Crippen LogP contribution in [0, 0.1) is 0 Å². The zero-order valence-corrected chi connectivity index (χ0v) is 14.9. The predicted molar refractivity (Wildman–Crippen MR) is 102 cm³/mol. The molecule has 0 radical (unpaired) electrons. The number of nitrogens with one attached hydrogen (secondary N) is 2. The molecule has 2 N–H and O–H groups in total. The first-order chi connectivity index (χ1) is 13.3. The number of methoxy groups -OCH3 is 1. The summed E-state index contributed by atoms with van der Waals surface area (Å²) in [7, 11) is 1.64. The maximum atomic E-state index is 5.97. The van der Waals surface area contributed by atoms with Crippen LogP contribution in [0.2, 0.25) is 0 Å². The molecule has 0 spiro atoms. The topological polar surface area (TPSA) is 76.0 Å². The molecule has 0 amide bonds. The monoisotopic (exact) mass is 360 g/mol. The van der Waals surface area contributed by atoms with Crippen molar-refractivity contribution in [3.05, 3.63) is 90.1 Å². The Hall–Kier alpha value is -3.38. The van der Waals surface area contributed by atoms with Crippen molar-refractivity contribution >= 4 is 0 Å². The largest absolute Gasteiger partial charge is 0.497 e. The van der Waals surface area contributed by atoms with Gasteiger partial charge in [0.1, 0.15) is 11.8 Å². The fourth-order valence-corrected chi connectivity index (χ4v) is 2.87. The highest BCUT2D eigenvalue weighted by Crippen LogP contribution is 2.26. The smallest absolute Gasteiger partial charge is 0.247 e. The van der Waals surface area contributed by atoms with Crippen LogP contribution in [0.1, 0.15) is 23.2 Å². The van der Waals surface area contributed by atoms with Gasteiger partial charge < -0.3 is 14.1 Å². The molecule has 1 atom stereocenters. The molecular formula is C21H20N4O2. The third-order valence-corrected chi connectivity index (χ3v) is 4.31. The second-order valence-corrected chi connectivity index (χ2v) is 6.10. The van der Waals surface area contributed by atoms with Crippen LogP contribution in [-0.2, 0) is 6.54 Å². The van der Waals surface area contributed by atoms with Crippen LogP contribution in [0.25, 0.3) is 11.5 Å². The Morgan fingerprint density at radius 1 is 1.00 bits per heavy atom. The summed E-state index contributed by atoms with van der Waals surface area (Å²) in [6, 6.07) is 21.5. The summed E-state index contributed by atoms with van der Waals surface area (Å²) >= 11 is 0. The molecule has 0 fully saturated rings. The molecule has 6 heteroatoms. The summed E-state index contributed by atoms with van der Waals surface area (Å²) in [5.74, 6) is 1.78. The molecule has 4 rings (SSSR count). The summed E-state index contributed by atoms with van der Waals surface area (Å²) in [4.78, 5) is 3.23. The Morgan fingerprint density at radius 2 is 1.81 bits per heavy atom. The predicted octanol–water partition coefficient (Wildman–Crippen LogP) is 3.95. The van der Waals surface area contributed by atoms with Gasteiger partial charge in [0.05, 0.1) is 7.11 Å². The molecule has 136 valence electrons. The van der Waals surface area contributed by atoms with E-state index in [2.05, 4.69) is 32.6 Å².